The second-order valence-corrected chi connectivity index (χ2v) is 10.3. The Hall–Kier alpha value is 0.106. The number of hydrogen-bond donors (Lipinski definition) is 2. The summed E-state index contributed by atoms with van der Waals surface area (Å²) in [6.07, 6.45) is 5.59. The molecule has 0 aromatic heterocycles. The second-order valence-electron chi connectivity index (χ2n) is 6.23. The molecule has 0 saturated heterocycles. The Balaban J connectivity index is -0.000000398. The Kier molecular flexibility index (Phi) is 21.4. The average molecular weight is 429 g/mol. The summed E-state index contributed by atoms with van der Waals surface area (Å²) in [5.41, 5.74) is -0.0372. The average Bonchev–Trinajstić information content (AvgIpc) is 2.56. The molecule has 0 spiro atoms. The molecular weight excluding hydrogens is 391 g/mol. The molecule has 0 bridgehead atoms. The van der Waals surface area contributed by atoms with Crippen LogP contribution in [0.4, 0.5) is 0 Å². The number of rotatable bonds is 10. The van der Waals surface area contributed by atoms with Gasteiger partial charge in [0.25, 0.3) is 0 Å². The molecule has 0 heterocycles. The van der Waals surface area contributed by atoms with Crippen molar-refractivity contribution >= 4 is 73.4 Å². The van der Waals surface area contributed by atoms with Crippen LogP contribution < -0.4 is 0 Å². The first-order valence-electron chi connectivity index (χ1n) is 9.16. The summed E-state index contributed by atoms with van der Waals surface area (Å²) in [6.45, 7) is 9.40. The Morgan fingerprint density at radius 1 is 0.778 bits per heavy atom. The molecule has 1 aromatic carbocycles. The topological polar surface area (TPSA) is 106 Å². The molecule has 0 unspecified atom stereocenters. The van der Waals surface area contributed by atoms with E-state index in [0.29, 0.717) is 0 Å². The van der Waals surface area contributed by atoms with E-state index in [1.165, 1.54) is 66.9 Å². The summed E-state index contributed by atoms with van der Waals surface area (Å²) in [4.78, 5) is 20.8. The van der Waals surface area contributed by atoms with Crippen molar-refractivity contribution < 1.29 is 25.3 Å². The minimum atomic E-state index is -1.13. The summed E-state index contributed by atoms with van der Waals surface area (Å²) in [6, 6.07) is 5.20. The van der Waals surface area contributed by atoms with E-state index in [-0.39, 0.29) is 78.0 Å². The maximum absolute atomic E-state index is 10.4. The molecule has 7 heteroatoms. The van der Waals surface area contributed by atoms with Gasteiger partial charge in [0.05, 0.1) is 11.1 Å². The zero-order valence-electron chi connectivity index (χ0n) is 16.6. The molecule has 5 nitrogen and oxygen atoms in total. The first-order chi connectivity index (χ1) is 11.9. The van der Waals surface area contributed by atoms with Crippen molar-refractivity contribution in [1.82, 2.24) is 0 Å². The van der Waals surface area contributed by atoms with E-state index in [1.807, 2.05) is 0 Å². The van der Waals surface area contributed by atoms with Gasteiger partial charge < -0.3 is 15.7 Å². The molecule has 0 radical (unpaired) electrons. The maximum atomic E-state index is 10.4. The van der Waals surface area contributed by atoms with Crippen LogP contribution >= 0.6 is 10.0 Å². The molecule has 1 rings (SSSR count). The third-order valence-electron chi connectivity index (χ3n) is 3.91. The van der Waals surface area contributed by atoms with E-state index in [4.69, 9.17) is 10.2 Å². The number of benzene rings is 1. The van der Waals surface area contributed by atoms with Gasteiger partial charge in [0.2, 0.25) is 0 Å². The van der Waals surface area contributed by atoms with Crippen molar-refractivity contribution in [2.75, 3.05) is 23.0 Å². The fourth-order valence-electron chi connectivity index (χ4n) is 3.13. The predicted octanol–water partition coefficient (Wildman–Crippen LogP) is 4.04. The van der Waals surface area contributed by atoms with Crippen molar-refractivity contribution in [2.45, 2.75) is 53.4 Å². The quantitative estimate of drug-likeness (QED) is 0.548. The van der Waals surface area contributed by atoms with E-state index in [9.17, 15) is 9.59 Å². The van der Waals surface area contributed by atoms with Crippen molar-refractivity contribution in [2.24, 2.45) is 0 Å². The summed E-state index contributed by atoms with van der Waals surface area (Å²) >= 11 is 0. The molecular formula is C20H37KO5S. The number of carboxylic acid groups (broad SMARTS) is 2. The van der Waals surface area contributed by atoms with Gasteiger partial charge in [-0.05, 0) is 66.9 Å². The van der Waals surface area contributed by atoms with Gasteiger partial charge in [-0.2, -0.15) is 0 Å². The third-order valence-corrected chi connectivity index (χ3v) is 9.00. The molecule has 0 atom stereocenters. The van der Waals surface area contributed by atoms with Gasteiger partial charge in [0, 0.05) is 0 Å². The van der Waals surface area contributed by atoms with Crippen molar-refractivity contribution in [1.29, 1.82) is 0 Å². The minimum absolute atomic E-state index is 0. The van der Waals surface area contributed by atoms with Crippen LogP contribution in [0.1, 0.15) is 74.1 Å². The molecule has 27 heavy (non-hydrogen) atoms. The number of carbonyl (C=O) groups is 2. The van der Waals surface area contributed by atoms with Crippen LogP contribution in [0.15, 0.2) is 24.3 Å². The van der Waals surface area contributed by atoms with Gasteiger partial charge in [0.15, 0.2) is 0 Å². The van der Waals surface area contributed by atoms with E-state index in [1.54, 1.807) is 0 Å². The fourth-order valence-corrected chi connectivity index (χ4v) is 7.82. The van der Waals surface area contributed by atoms with Gasteiger partial charge in [-0.25, -0.2) is 19.6 Å². The van der Waals surface area contributed by atoms with Gasteiger partial charge >= 0.3 is 63.3 Å². The molecule has 1 aromatic rings. The Labute approximate surface area is 208 Å². The Bertz CT molecular complexity index is 478. The van der Waals surface area contributed by atoms with Crippen LogP contribution in [0.2, 0.25) is 0 Å². The van der Waals surface area contributed by atoms with Gasteiger partial charge in [-0.15, -0.1) is 0 Å². The second kappa shape index (κ2) is 18.2. The summed E-state index contributed by atoms with van der Waals surface area (Å²) in [5, 5.41) is 17.0. The van der Waals surface area contributed by atoms with Crippen LogP contribution in [0.5, 0.6) is 0 Å². The molecule has 0 aliphatic carbocycles. The van der Waals surface area contributed by atoms with E-state index in [0.717, 1.165) is 6.07 Å². The molecule has 0 aliphatic heterocycles. The number of aromatic carboxylic acids is 2. The molecule has 0 aliphatic rings. The van der Waals surface area contributed by atoms with Crippen molar-refractivity contribution in [3.63, 3.8) is 0 Å². The summed E-state index contributed by atoms with van der Waals surface area (Å²) in [7, 11) is -0.197. The van der Waals surface area contributed by atoms with E-state index < -0.39 is 11.9 Å². The summed E-state index contributed by atoms with van der Waals surface area (Å²) in [5.74, 6) is 3.87. The molecule has 0 saturated carbocycles. The normalized spacial score (nSPS) is 10.5. The molecule has 154 valence electrons. The van der Waals surface area contributed by atoms with Gasteiger partial charge in [0.1, 0.15) is 0 Å². The standard InChI is InChI=1S/C12H28S.C8H6O4.K.H2O.H/c1-5-9-13(10-6-2,11-7-3)12-8-4;9-7(10)5-2-1-3-6(4-5)8(11)12;;;/h5-12H2,1-4H3;1-4H,(H,9,10)(H,11,12);;1H2;. The first-order valence-corrected chi connectivity index (χ1v) is 11.5. The predicted molar refractivity (Wildman–Crippen MR) is 119 cm³/mol. The van der Waals surface area contributed by atoms with E-state index >= 15 is 0 Å². The van der Waals surface area contributed by atoms with E-state index in [2.05, 4.69) is 27.7 Å². The fraction of sp³-hybridized carbons (Fsp3) is 0.600. The zero-order valence-corrected chi connectivity index (χ0v) is 17.4. The Morgan fingerprint density at radius 2 is 1.07 bits per heavy atom. The molecule has 0 fully saturated rings. The summed E-state index contributed by atoms with van der Waals surface area (Å²) < 4.78 is 0. The van der Waals surface area contributed by atoms with Gasteiger partial charge in [-0.1, -0.05) is 33.8 Å². The Morgan fingerprint density at radius 3 is 1.30 bits per heavy atom. The van der Waals surface area contributed by atoms with Crippen LogP contribution in [-0.4, -0.2) is 102 Å². The SMILES string of the molecule is CCCS(CCC)(CCC)CCC.O.O=C(O)c1cccc(C(=O)O)c1.[KH]. The van der Waals surface area contributed by atoms with Crippen LogP contribution in [0.3, 0.4) is 0 Å². The molecule has 4 N–H and O–H groups in total. The first kappa shape index (κ1) is 31.8. The van der Waals surface area contributed by atoms with Crippen molar-refractivity contribution in [3.8, 4) is 0 Å². The van der Waals surface area contributed by atoms with Crippen LogP contribution in [0.25, 0.3) is 0 Å². The van der Waals surface area contributed by atoms with Gasteiger partial charge in [-0.3, -0.25) is 0 Å². The number of hydrogen-bond acceptors (Lipinski definition) is 2. The number of carboxylic acids is 2. The monoisotopic (exact) mass is 428 g/mol. The zero-order chi connectivity index (χ0) is 19.3. The van der Waals surface area contributed by atoms with Crippen molar-refractivity contribution in [3.05, 3.63) is 35.4 Å². The molecule has 0 amide bonds. The third kappa shape index (κ3) is 13.0. The van der Waals surface area contributed by atoms with Crippen LogP contribution in [0, 0.1) is 0 Å². The van der Waals surface area contributed by atoms with Crippen LogP contribution in [-0.2, 0) is 0 Å².